The number of Topliss-reactive ketones (excluding diaryl/α,β-unsaturated/α-hetero) is 1. The number of ketones is 1. The van der Waals surface area contributed by atoms with Crippen LogP contribution in [0.15, 0.2) is 54.6 Å². The molecule has 0 saturated carbocycles. The molecule has 28 heavy (non-hydrogen) atoms. The molecule has 1 heterocycles. The van der Waals surface area contributed by atoms with Crippen molar-refractivity contribution < 1.29 is 24.6 Å². The SMILES string of the molecule is O=C(O)C1CCC(c2ccccc2O)N1C(=O)[C@@H](CS)C(=O)c1ccccc1. The van der Waals surface area contributed by atoms with Crippen LogP contribution in [0.1, 0.15) is 34.8 Å². The van der Waals surface area contributed by atoms with E-state index in [0.717, 1.165) is 0 Å². The first-order valence-electron chi connectivity index (χ1n) is 8.98. The number of phenols is 1. The van der Waals surface area contributed by atoms with Gasteiger partial charge in [-0.05, 0) is 18.9 Å². The fourth-order valence-corrected chi connectivity index (χ4v) is 4.01. The van der Waals surface area contributed by atoms with Crippen LogP contribution in [0.3, 0.4) is 0 Å². The first-order valence-corrected chi connectivity index (χ1v) is 9.62. The predicted octanol–water partition coefficient (Wildman–Crippen LogP) is 2.94. The number of hydrogen-bond acceptors (Lipinski definition) is 5. The Kier molecular flexibility index (Phi) is 6.04. The van der Waals surface area contributed by atoms with Crippen LogP contribution in [0.25, 0.3) is 0 Å². The van der Waals surface area contributed by atoms with Crippen LogP contribution in [-0.4, -0.2) is 44.6 Å². The third-order valence-corrected chi connectivity index (χ3v) is 5.44. The standard InChI is InChI=1S/C21H21NO5S/c23-18-9-5-4-8-14(18)16-10-11-17(21(26)27)22(16)20(25)15(12-28)19(24)13-6-2-1-3-7-13/h1-9,15-17,23,28H,10-12H2,(H,26,27)/t15-,16?,17?/m0/s1. The molecule has 6 nitrogen and oxygen atoms in total. The van der Waals surface area contributed by atoms with Gasteiger partial charge in [0.05, 0.1) is 6.04 Å². The lowest BCUT2D eigenvalue weighted by Crippen LogP contribution is -2.47. The number of nitrogens with zero attached hydrogens (tertiary/aromatic N) is 1. The molecule has 1 fully saturated rings. The van der Waals surface area contributed by atoms with Crippen LogP contribution < -0.4 is 0 Å². The Labute approximate surface area is 168 Å². The minimum Gasteiger partial charge on any atom is -0.508 e. The van der Waals surface area contributed by atoms with Gasteiger partial charge in [-0.2, -0.15) is 12.6 Å². The second-order valence-electron chi connectivity index (χ2n) is 6.72. The summed E-state index contributed by atoms with van der Waals surface area (Å²) < 4.78 is 0. The zero-order chi connectivity index (χ0) is 20.3. The summed E-state index contributed by atoms with van der Waals surface area (Å²) in [6.07, 6.45) is 0.637. The van der Waals surface area contributed by atoms with E-state index in [0.29, 0.717) is 17.5 Å². The average molecular weight is 399 g/mol. The van der Waals surface area contributed by atoms with Gasteiger partial charge in [-0.15, -0.1) is 0 Å². The Balaban J connectivity index is 1.97. The van der Waals surface area contributed by atoms with Crippen molar-refractivity contribution in [3.63, 3.8) is 0 Å². The van der Waals surface area contributed by atoms with E-state index >= 15 is 0 Å². The number of phenolic OH excluding ortho intramolecular Hbond substituents is 1. The van der Waals surface area contributed by atoms with Crippen molar-refractivity contribution in [1.82, 2.24) is 4.90 Å². The van der Waals surface area contributed by atoms with E-state index in [9.17, 15) is 24.6 Å². The molecule has 0 spiro atoms. The van der Waals surface area contributed by atoms with Gasteiger partial charge in [0, 0.05) is 16.9 Å². The highest BCUT2D eigenvalue weighted by Gasteiger charge is 2.45. The molecule has 2 unspecified atom stereocenters. The van der Waals surface area contributed by atoms with Gasteiger partial charge in [0.25, 0.3) is 0 Å². The molecule has 2 aromatic carbocycles. The molecule has 1 aliphatic rings. The van der Waals surface area contributed by atoms with Gasteiger partial charge in [-0.25, -0.2) is 4.79 Å². The molecule has 0 aromatic heterocycles. The Morgan fingerprint density at radius 2 is 1.68 bits per heavy atom. The first-order chi connectivity index (χ1) is 13.5. The molecule has 7 heteroatoms. The first kappa shape index (κ1) is 19.9. The Morgan fingerprint density at radius 3 is 2.29 bits per heavy atom. The van der Waals surface area contributed by atoms with Crippen LogP contribution >= 0.6 is 12.6 Å². The van der Waals surface area contributed by atoms with E-state index in [1.165, 1.54) is 11.0 Å². The second-order valence-corrected chi connectivity index (χ2v) is 7.08. The van der Waals surface area contributed by atoms with Gasteiger partial charge in [-0.1, -0.05) is 48.5 Å². The molecule has 3 atom stereocenters. The fraction of sp³-hybridized carbons (Fsp3) is 0.286. The summed E-state index contributed by atoms with van der Waals surface area (Å²) in [5, 5.41) is 19.8. The van der Waals surface area contributed by atoms with Gasteiger partial charge in [0.15, 0.2) is 5.78 Å². The van der Waals surface area contributed by atoms with E-state index in [2.05, 4.69) is 12.6 Å². The number of carboxylic acid groups (broad SMARTS) is 1. The summed E-state index contributed by atoms with van der Waals surface area (Å²) in [7, 11) is 0. The Morgan fingerprint density at radius 1 is 1.04 bits per heavy atom. The zero-order valence-corrected chi connectivity index (χ0v) is 16.0. The highest BCUT2D eigenvalue weighted by Crippen LogP contribution is 2.41. The number of benzene rings is 2. The van der Waals surface area contributed by atoms with E-state index in [4.69, 9.17) is 0 Å². The van der Waals surface area contributed by atoms with Gasteiger partial charge in [0.2, 0.25) is 5.91 Å². The molecule has 146 valence electrons. The highest BCUT2D eigenvalue weighted by molar-refractivity contribution is 7.80. The van der Waals surface area contributed by atoms with E-state index in [1.54, 1.807) is 48.5 Å². The number of para-hydroxylation sites is 1. The average Bonchev–Trinajstić information content (AvgIpc) is 3.14. The number of amides is 1. The molecule has 1 saturated heterocycles. The number of thiol groups is 1. The normalized spacial score (nSPS) is 20.0. The van der Waals surface area contributed by atoms with Crippen molar-refractivity contribution in [3.05, 3.63) is 65.7 Å². The minimum absolute atomic E-state index is 0.00634. The van der Waals surface area contributed by atoms with Crippen molar-refractivity contribution in [2.75, 3.05) is 5.75 Å². The summed E-state index contributed by atoms with van der Waals surface area (Å²) >= 11 is 4.19. The molecule has 2 N–H and O–H groups in total. The van der Waals surface area contributed by atoms with Crippen molar-refractivity contribution in [1.29, 1.82) is 0 Å². The largest absolute Gasteiger partial charge is 0.508 e. The summed E-state index contributed by atoms with van der Waals surface area (Å²) in [6.45, 7) is 0. The molecule has 0 aliphatic carbocycles. The minimum atomic E-state index is -1.13. The van der Waals surface area contributed by atoms with Crippen LogP contribution in [0, 0.1) is 5.92 Å². The summed E-state index contributed by atoms with van der Waals surface area (Å²) in [5.41, 5.74) is 0.852. The zero-order valence-electron chi connectivity index (χ0n) is 15.1. The van der Waals surface area contributed by atoms with Crippen molar-refractivity contribution >= 4 is 30.3 Å². The van der Waals surface area contributed by atoms with Gasteiger partial charge < -0.3 is 15.1 Å². The number of carboxylic acids is 1. The number of carbonyl (C=O) groups is 3. The Bertz CT molecular complexity index is 885. The van der Waals surface area contributed by atoms with Crippen LogP contribution in [0.2, 0.25) is 0 Å². The van der Waals surface area contributed by atoms with Crippen molar-refractivity contribution in [2.45, 2.75) is 24.9 Å². The maximum absolute atomic E-state index is 13.3. The van der Waals surface area contributed by atoms with Crippen molar-refractivity contribution in [2.24, 2.45) is 5.92 Å². The summed E-state index contributed by atoms with van der Waals surface area (Å²) in [6, 6.07) is 13.3. The molecular weight excluding hydrogens is 378 g/mol. The van der Waals surface area contributed by atoms with E-state index < -0.39 is 35.7 Å². The predicted molar refractivity (Wildman–Crippen MR) is 106 cm³/mol. The molecule has 2 aromatic rings. The number of likely N-dealkylation sites (tertiary alicyclic amines) is 1. The van der Waals surface area contributed by atoms with Gasteiger partial charge in [0.1, 0.15) is 17.7 Å². The lowest BCUT2D eigenvalue weighted by Gasteiger charge is -2.31. The van der Waals surface area contributed by atoms with E-state index in [1.807, 2.05) is 0 Å². The van der Waals surface area contributed by atoms with Gasteiger partial charge >= 0.3 is 5.97 Å². The smallest absolute Gasteiger partial charge is 0.326 e. The summed E-state index contributed by atoms with van der Waals surface area (Å²) in [5.74, 6) is -3.25. The summed E-state index contributed by atoms with van der Waals surface area (Å²) in [4.78, 5) is 39.2. The van der Waals surface area contributed by atoms with E-state index in [-0.39, 0.29) is 17.9 Å². The molecular formula is C21H21NO5S. The number of aromatic hydroxyl groups is 1. The maximum atomic E-state index is 13.3. The number of aliphatic carboxylic acids is 1. The van der Waals surface area contributed by atoms with Crippen LogP contribution in [-0.2, 0) is 9.59 Å². The maximum Gasteiger partial charge on any atom is 0.326 e. The highest BCUT2D eigenvalue weighted by atomic mass is 32.1. The third-order valence-electron chi connectivity index (χ3n) is 5.08. The molecule has 0 bridgehead atoms. The quantitative estimate of drug-likeness (QED) is 0.394. The topological polar surface area (TPSA) is 94.9 Å². The lowest BCUT2D eigenvalue weighted by atomic mass is 9.96. The molecule has 1 amide bonds. The second kappa shape index (κ2) is 8.48. The number of hydrogen-bond donors (Lipinski definition) is 3. The molecule has 1 aliphatic heterocycles. The number of carbonyl (C=O) groups excluding carboxylic acids is 2. The van der Waals surface area contributed by atoms with Gasteiger partial charge in [-0.3, -0.25) is 9.59 Å². The lowest BCUT2D eigenvalue weighted by molar-refractivity contribution is -0.150. The molecule has 0 radical (unpaired) electrons. The number of rotatable bonds is 6. The van der Waals surface area contributed by atoms with Crippen LogP contribution in [0.5, 0.6) is 5.75 Å². The Hall–Kier alpha value is -2.80. The third kappa shape index (κ3) is 3.75. The molecule has 3 rings (SSSR count). The monoisotopic (exact) mass is 399 g/mol. The van der Waals surface area contributed by atoms with Crippen LogP contribution in [0.4, 0.5) is 0 Å². The fourth-order valence-electron chi connectivity index (χ4n) is 3.69. The van der Waals surface area contributed by atoms with Crippen molar-refractivity contribution in [3.8, 4) is 5.75 Å².